The third-order valence-electron chi connectivity index (χ3n) is 1.92. The molecule has 0 unspecified atom stereocenters. The van der Waals surface area contributed by atoms with Gasteiger partial charge in [0, 0.05) is 24.0 Å². The fourth-order valence-electron chi connectivity index (χ4n) is 1.14. The van der Waals surface area contributed by atoms with Gasteiger partial charge < -0.3 is 4.57 Å². The Bertz CT molecular complexity index is 369. The number of nitrogens with zero attached hydrogens (tertiary/aromatic N) is 1. The molecule has 0 aliphatic heterocycles. The summed E-state index contributed by atoms with van der Waals surface area (Å²) in [6.07, 6.45) is 0.971. The fourth-order valence-corrected chi connectivity index (χ4v) is 1.91. The fraction of sp³-hybridized carbons (Fsp3) is 0.500. The number of aromatic nitrogens is 1. The van der Waals surface area contributed by atoms with Gasteiger partial charge in [0.2, 0.25) is 5.91 Å². The van der Waals surface area contributed by atoms with Gasteiger partial charge in [-0.1, -0.05) is 11.3 Å². The zero-order chi connectivity index (χ0) is 10.6. The summed E-state index contributed by atoms with van der Waals surface area (Å²) in [7, 11) is 0. The van der Waals surface area contributed by atoms with Gasteiger partial charge in [-0.05, 0) is 13.3 Å². The molecule has 1 rings (SSSR count). The van der Waals surface area contributed by atoms with Crippen LogP contribution in [0.25, 0.3) is 0 Å². The largest absolute Gasteiger partial charge is 0.307 e. The SMILES string of the molecule is Cc1csc(=O)n1CCCC(=O)NN. The second-order valence-corrected chi connectivity index (χ2v) is 3.79. The number of thiazole rings is 1. The summed E-state index contributed by atoms with van der Waals surface area (Å²) in [5, 5.41) is 1.81. The second kappa shape index (κ2) is 4.92. The van der Waals surface area contributed by atoms with Gasteiger partial charge in [-0.15, -0.1) is 0 Å². The van der Waals surface area contributed by atoms with E-state index in [0.717, 1.165) is 5.69 Å². The molecule has 0 aromatic carbocycles. The summed E-state index contributed by atoms with van der Waals surface area (Å²) in [6.45, 7) is 2.45. The van der Waals surface area contributed by atoms with Gasteiger partial charge in [0.1, 0.15) is 0 Å². The molecule has 5 nitrogen and oxygen atoms in total. The first-order chi connectivity index (χ1) is 6.65. The van der Waals surface area contributed by atoms with E-state index in [-0.39, 0.29) is 10.8 Å². The van der Waals surface area contributed by atoms with Crippen molar-refractivity contribution in [2.45, 2.75) is 26.3 Å². The number of amides is 1. The van der Waals surface area contributed by atoms with Crippen molar-refractivity contribution >= 4 is 17.2 Å². The molecule has 3 N–H and O–H groups in total. The third kappa shape index (κ3) is 2.68. The van der Waals surface area contributed by atoms with Gasteiger partial charge in [-0.2, -0.15) is 0 Å². The van der Waals surface area contributed by atoms with E-state index in [9.17, 15) is 9.59 Å². The lowest BCUT2D eigenvalue weighted by molar-refractivity contribution is -0.121. The number of hydrazine groups is 1. The standard InChI is InChI=1S/C8H13N3O2S/c1-6-5-14-8(13)11(6)4-2-3-7(12)10-9/h5H,2-4,9H2,1H3,(H,10,12). The summed E-state index contributed by atoms with van der Waals surface area (Å²) in [5.41, 5.74) is 2.99. The van der Waals surface area contributed by atoms with Crippen molar-refractivity contribution in [1.82, 2.24) is 9.99 Å². The van der Waals surface area contributed by atoms with Crippen molar-refractivity contribution in [3.8, 4) is 0 Å². The molecule has 1 amide bonds. The molecule has 1 aromatic heterocycles. The van der Waals surface area contributed by atoms with Gasteiger partial charge in [0.05, 0.1) is 0 Å². The normalized spacial score (nSPS) is 10.1. The molecule has 0 saturated carbocycles. The monoisotopic (exact) mass is 215 g/mol. The molecule has 0 aliphatic rings. The summed E-state index contributed by atoms with van der Waals surface area (Å²) in [6, 6.07) is 0. The van der Waals surface area contributed by atoms with Crippen LogP contribution in [0.1, 0.15) is 18.5 Å². The summed E-state index contributed by atoms with van der Waals surface area (Å²) in [5.74, 6) is 4.72. The average molecular weight is 215 g/mol. The van der Waals surface area contributed by atoms with E-state index in [2.05, 4.69) is 5.43 Å². The molecular weight excluding hydrogens is 202 g/mol. The maximum atomic E-state index is 11.2. The number of hydrogen-bond donors (Lipinski definition) is 2. The summed E-state index contributed by atoms with van der Waals surface area (Å²) >= 11 is 1.18. The zero-order valence-electron chi connectivity index (χ0n) is 7.95. The van der Waals surface area contributed by atoms with Crippen molar-refractivity contribution in [1.29, 1.82) is 0 Å². The van der Waals surface area contributed by atoms with Gasteiger partial charge in [-0.3, -0.25) is 15.0 Å². The Balaban J connectivity index is 2.46. The van der Waals surface area contributed by atoms with Gasteiger partial charge >= 0.3 is 4.87 Å². The second-order valence-electron chi connectivity index (χ2n) is 2.97. The van der Waals surface area contributed by atoms with Crippen LogP contribution in [-0.4, -0.2) is 10.5 Å². The van der Waals surface area contributed by atoms with E-state index in [1.54, 1.807) is 4.57 Å². The number of nitrogens with two attached hydrogens (primary N) is 1. The number of nitrogens with one attached hydrogen (secondary N) is 1. The highest BCUT2D eigenvalue weighted by Crippen LogP contribution is 2.01. The summed E-state index contributed by atoms with van der Waals surface area (Å²) in [4.78, 5) is 22.1. The van der Waals surface area contributed by atoms with Crippen LogP contribution in [-0.2, 0) is 11.3 Å². The van der Waals surface area contributed by atoms with E-state index in [0.29, 0.717) is 19.4 Å². The Kier molecular flexibility index (Phi) is 3.84. The highest BCUT2D eigenvalue weighted by molar-refractivity contribution is 7.07. The smallest absolute Gasteiger partial charge is 0.303 e. The average Bonchev–Trinajstić information content (AvgIpc) is 2.48. The number of aryl methyl sites for hydroxylation is 1. The van der Waals surface area contributed by atoms with Crippen molar-refractivity contribution in [3.05, 3.63) is 20.7 Å². The predicted octanol–water partition coefficient (Wildman–Crippen LogP) is -0.0117. The number of hydrogen-bond acceptors (Lipinski definition) is 4. The molecule has 0 aliphatic carbocycles. The molecule has 0 atom stereocenters. The topological polar surface area (TPSA) is 77.1 Å². The van der Waals surface area contributed by atoms with Crippen LogP contribution in [0.2, 0.25) is 0 Å². The van der Waals surface area contributed by atoms with E-state index < -0.39 is 0 Å². The molecule has 0 saturated heterocycles. The summed E-state index contributed by atoms with van der Waals surface area (Å²) < 4.78 is 1.66. The zero-order valence-corrected chi connectivity index (χ0v) is 8.76. The molecule has 14 heavy (non-hydrogen) atoms. The Morgan fingerprint density at radius 2 is 2.43 bits per heavy atom. The molecule has 6 heteroatoms. The molecule has 0 radical (unpaired) electrons. The van der Waals surface area contributed by atoms with Crippen LogP contribution in [0.15, 0.2) is 10.2 Å². The van der Waals surface area contributed by atoms with E-state index >= 15 is 0 Å². The van der Waals surface area contributed by atoms with E-state index in [1.165, 1.54) is 11.3 Å². The van der Waals surface area contributed by atoms with Crippen LogP contribution in [0.5, 0.6) is 0 Å². The molecule has 0 fully saturated rings. The van der Waals surface area contributed by atoms with Crippen LogP contribution in [0.4, 0.5) is 0 Å². The maximum Gasteiger partial charge on any atom is 0.307 e. The lowest BCUT2D eigenvalue weighted by Crippen LogP contribution is -2.30. The minimum Gasteiger partial charge on any atom is -0.303 e. The first kappa shape index (κ1) is 10.9. The minimum atomic E-state index is -0.203. The molecule has 1 heterocycles. The van der Waals surface area contributed by atoms with Crippen LogP contribution < -0.4 is 16.1 Å². The number of carbonyl (C=O) groups excluding carboxylic acids is 1. The molecule has 0 spiro atoms. The highest BCUT2D eigenvalue weighted by atomic mass is 32.1. The van der Waals surface area contributed by atoms with Crippen molar-refractivity contribution < 1.29 is 4.79 Å². The van der Waals surface area contributed by atoms with E-state index in [4.69, 9.17) is 5.84 Å². The Morgan fingerprint density at radius 3 is 2.93 bits per heavy atom. The third-order valence-corrected chi connectivity index (χ3v) is 2.80. The van der Waals surface area contributed by atoms with Gasteiger partial charge in [0.15, 0.2) is 0 Å². The van der Waals surface area contributed by atoms with Crippen molar-refractivity contribution in [2.24, 2.45) is 5.84 Å². The van der Waals surface area contributed by atoms with Gasteiger partial charge in [0.25, 0.3) is 0 Å². The quantitative estimate of drug-likeness (QED) is 0.421. The molecule has 1 aromatic rings. The molecule has 78 valence electrons. The Morgan fingerprint density at radius 1 is 1.71 bits per heavy atom. The predicted molar refractivity (Wildman–Crippen MR) is 54.9 cm³/mol. The lowest BCUT2D eigenvalue weighted by atomic mass is 10.3. The minimum absolute atomic E-state index is 0.0238. The van der Waals surface area contributed by atoms with Crippen LogP contribution in [0.3, 0.4) is 0 Å². The van der Waals surface area contributed by atoms with E-state index in [1.807, 2.05) is 12.3 Å². The number of carbonyl (C=O) groups is 1. The Hall–Kier alpha value is -1.14. The van der Waals surface area contributed by atoms with Crippen LogP contribution in [0, 0.1) is 6.92 Å². The Labute approximate surface area is 85.5 Å². The lowest BCUT2D eigenvalue weighted by Gasteiger charge is -2.03. The van der Waals surface area contributed by atoms with Crippen molar-refractivity contribution in [3.63, 3.8) is 0 Å². The number of rotatable bonds is 4. The highest BCUT2D eigenvalue weighted by Gasteiger charge is 2.03. The molecular formula is C8H13N3O2S. The maximum absolute atomic E-state index is 11.2. The van der Waals surface area contributed by atoms with Crippen molar-refractivity contribution in [2.75, 3.05) is 0 Å². The first-order valence-electron chi connectivity index (χ1n) is 4.29. The molecule has 0 bridgehead atoms. The van der Waals surface area contributed by atoms with Gasteiger partial charge in [-0.25, -0.2) is 5.84 Å². The first-order valence-corrected chi connectivity index (χ1v) is 5.17. The van der Waals surface area contributed by atoms with Crippen LogP contribution >= 0.6 is 11.3 Å².